The molecule has 2 aromatic rings. The minimum absolute atomic E-state index is 0.0224. The summed E-state index contributed by atoms with van der Waals surface area (Å²) < 4.78 is 6.77. The molecule has 2 heterocycles. The largest absolute Gasteiger partial charge is 0.398 e. The van der Waals surface area contributed by atoms with E-state index in [1.807, 2.05) is 4.57 Å². The number of methoxy groups -OCH3 is 1. The number of nitrogen functional groups attached to an aromatic ring is 1. The third-order valence-electron chi connectivity index (χ3n) is 3.05. The maximum Gasteiger partial charge on any atom is 0.221 e. The number of nitrogens with one attached hydrogen (secondary N) is 1. The normalized spacial score (nSPS) is 10.5. The van der Waals surface area contributed by atoms with E-state index in [0.29, 0.717) is 31.8 Å². The van der Waals surface area contributed by atoms with E-state index >= 15 is 0 Å². The van der Waals surface area contributed by atoms with E-state index in [0.717, 1.165) is 11.3 Å². The minimum Gasteiger partial charge on any atom is -0.398 e. The van der Waals surface area contributed by atoms with Crippen molar-refractivity contribution in [1.82, 2.24) is 19.9 Å². The molecule has 7 nitrogen and oxygen atoms in total. The quantitative estimate of drug-likeness (QED) is 0.731. The van der Waals surface area contributed by atoms with Gasteiger partial charge in [-0.15, -0.1) is 0 Å². The van der Waals surface area contributed by atoms with Crippen LogP contribution in [0.25, 0.3) is 11.3 Å². The minimum atomic E-state index is -0.0224. The average Bonchev–Trinajstić information content (AvgIpc) is 2.94. The van der Waals surface area contributed by atoms with Crippen LogP contribution in [0, 0.1) is 0 Å². The predicted octanol–water partition coefficient (Wildman–Crippen LogP) is 0.680. The van der Waals surface area contributed by atoms with Crippen LogP contribution in [0.4, 0.5) is 5.69 Å². The number of anilines is 1. The van der Waals surface area contributed by atoms with E-state index < -0.39 is 0 Å². The molecule has 1 amide bonds. The van der Waals surface area contributed by atoms with Gasteiger partial charge in [-0.2, -0.15) is 0 Å². The van der Waals surface area contributed by atoms with Crippen molar-refractivity contribution in [3.8, 4) is 11.3 Å². The molecule has 0 radical (unpaired) electrons. The van der Waals surface area contributed by atoms with Gasteiger partial charge in [0.05, 0.1) is 24.8 Å². The summed E-state index contributed by atoms with van der Waals surface area (Å²) in [5.41, 5.74) is 8.25. The Labute approximate surface area is 123 Å². The number of ether oxygens (including phenoxy) is 1. The van der Waals surface area contributed by atoms with Gasteiger partial charge in [0.1, 0.15) is 0 Å². The summed E-state index contributed by atoms with van der Waals surface area (Å²) in [7, 11) is 1.60. The number of carbonyl (C=O) groups is 1. The molecule has 0 aliphatic carbocycles. The van der Waals surface area contributed by atoms with Crippen molar-refractivity contribution in [2.45, 2.75) is 13.0 Å². The lowest BCUT2D eigenvalue weighted by molar-refractivity contribution is -0.121. The highest BCUT2D eigenvalue weighted by Gasteiger charge is 2.09. The van der Waals surface area contributed by atoms with E-state index in [2.05, 4.69) is 15.3 Å². The van der Waals surface area contributed by atoms with Gasteiger partial charge in [0, 0.05) is 50.3 Å². The summed E-state index contributed by atoms with van der Waals surface area (Å²) in [6.45, 7) is 1.55. The third-order valence-corrected chi connectivity index (χ3v) is 3.05. The topological polar surface area (TPSA) is 95.1 Å². The summed E-state index contributed by atoms with van der Waals surface area (Å²) in [5.74, 6) is -0.0224. The molecule has 0 unspecified atom stereocenters. The molecule has 2 aromatic heterocycles. The average molecular weight is 289 g/mol. The number of hydrogen-bond donors (Lipinski definition) is 2. The number of rotatable bonds is 7. The van der Waals surface area contributed by atoms with Crippen molar-refractivity contribution < 1.29 is 9.53 Å². The first-order valence-electron chi connectivity index (χ1n) is 6.68. The molecule has 21 heavy (non-hydrogen) atoms. The molecule has 0 aliphatic heterocycles. The monoisotopic (exact) mass is 289 g/mol. The Bertz CT molecular complexity index is 597. The van der Waals surface area contributed by atoms with Gasteiger partial charge in [0.2, 0.25) is 5.91 Å². The van der Waals surface area contributed by atoms with Crippen LogP contribution in [0.2, 0.25) is 0 Å². The first kappa shape index (κ1) is 15.0. The van der Waals surface area contributed by atoms with Crippen LogP contribution in [0.1, 0.15) is 6.42 Å². The van der Waals surface area contributed by atoms with E-state index in [1.165, 1.54) is 0 Å². The molecule has 112 valence electrons. The van der Waals surface area contributed by atoms with E-state index in [9.17, 15) is 4.79 Å². The van der Waals surface area contributed by atoms with Gasteiger partial charge in [-0.05, 0) is 6.07 Å². The molecule has 0 saturated carbocycles. The number of pyridine rings is 1. The van der Waals surface area contributed by atoms with Crippen LogP contribution < -0.4 is 11.1 Å². The van der Waals surface area contributed by atoms with Crippen molar-refractivity contribution >= 4 is 11.6 Å². The van der Waals surface area contributed by atoms with Crippen molar-refractivity contribution in [3.05, 3.63) is 31.0 Å². The number of amides is 1. The lowest BCUT2D eigenvalue weighted by atomic mass is 10.2. The summed E-state index contributed by atoms with van der Waals surface area (Å²) in [6, 6.07) is 1.74. The Morgan fingerprint density at radius 2 is 2.29 bits per heavy atom. The Morgan fingerprint density at radius 1 is 1.43 bits per heavy atom. The third kappa shape index (κ3) is 4.03. The zero-order valence-electron chi connectivity index (χ0n) is 12.0. The lowest BCUT2D eigenvalue weighted by Gasteiger charge is -2.10. The molecule has 0 saturated heterocycles. The summed E-state index contributed by atoms with van der Waals surface area (Å²) in [4.78, 5) is 19.9. The van der Waals surface area contributed by atoms with Crippen molar-refractivity contribution in [2.24, 2.45) is 0 Å². The number of aromatic nitrogens is 3. The maximum atomic E-state index is 11.7. The Morgan fingerprint density at radius 3 is 3.05 bits per heavy atom. The van der Waals surface area contributed by atoms with Crippen LogP contribution in [-0.4, -0.2) is 40.7 Å². The van der Waals surface area contributed by atoms with Gasteiger partial charge >= 0.3 is 0 Å². The number of nitrogens with two attached hydrogens (primary N) is 1. The van der Waals surface area contributed by atoms with Crippen molar-refractivity contribution in [2.75, 3.05) is 26.0 Å². The maximum absolute atomic E-state index is 11.7. The number of carbonyl (C=O) groups excluding carboxylic acids is 1. The Kier molecular flexibility index (Phi) is 5.28. The fourth-order valence-corrected chi connectivity index (χ4v) is 1.95. The predicted molar refractivity (Wildman–Crippen MR) is 79.4 cm³/mol. The SMILES string of the molecule is COCCNC(=O)CCn1cncc1-c1cnccc1N. The van der Waals surface area contributed by atoms with Gasteiger partial charge in [0.15, 0.2) is 0 Å². The second-order valence-electron chi connectivity index (χ2n) is 4.53. The highest BCUT2D eigenvalue weighted by Crippen LogP contribution is 2.24. The Balaban J connectivity index is 1.98. The van der Waals surface area contributed by atoms with E-state index in [4.69, 9.17) is 10.5 Å². The fourth-order valence-electron chi connectivity index (χ4n) is 1.95. The molecule has 0 aliphatic rings. The summed E-state index contributed by atoms with van der Waals surface area (Å²) in [6.07, 6.45) is 7.11. The standard InChI is InChI=1S/C14H19N5O2/c1-21-7-5-18-14(20)3-6-19-10-17-9-13(19)11-8-16-4-2-12(11)15/h2,4,8-10H,3,5-7H2,1H3,(H2,15,16)(H,18,20). The number of aryl methyl sites for hydroxylation is 1. The van der Waals surface area contributed by atoms with E-state index in [1.54, 1.807) is 38.1 Å². The Hall–Kier alpha value is -2.41. The second-order valence-corrected chi connectivity index (χ2v) is 4.53. The molecule has 0 aromatic carbocycles. The van der Waals surface area contributed by atoms with Gasteiger partial charge in [-0.25, -0.2) is 4.98 Å². The van der Waals surface area contributed by atoms with Gasteiger partial charge in [0.25, 0.3) is 0 Å². The highest BCUT2D eigenvalue weighted by molar-refractivity contribution is 5.76. The van der Waals surface area contributed by atoms with Crippen molar-refractivity contribution in [1.29, 1.82) is 0 Å². The first-order valence-corrected chi connectivity index (χ1v) is 6.68. The smallest absolute Gasteiger partial charge is 0.221 e. The number of nitrogens with zero attached hydrogens (tertiary/aromatic N) is 3. The van der Waals surface area contributed by atoms with Gasteiger partial charge < -0.3 is 20.4 Å². The van der Waals surface area contributed by atoms with Crippen molar-refractivity contribution in [3.63, 3.8) is 0 Å². The van der Waals surface area contributed by atoms with E-state index in [-0.39, 0.29) is 5.91 Å². The summed E-state index contributed by atoms with van der Waals surface area (Å²) in [5, 5.41) is 2.78. The van der Waals surface area contributed by atoms with Crippen LogP contribution in [0.3, 0.4) is 0 Å². The molecule has 2 rings (SSSR count). The fraction of sp³-hybridized carbons (Fsp3) is 0.357. The molecule has 3 N–H and O–H groups in total. The van der Waals surface area contributed by atoms with Crippen LogP contribution >= 0.6 is 0 Å². The molecular weight excluding hydrogens is 270 g/mol. The lowest BCUT2D eigenvalue weighted by Crippen LogP contribution is -2.27. The summed E-state index contributed by atoms with van der Waals surface area (Å²) >= 11 is 0. The van der Waals surface area contributed by atoms with Crippen LogP contribution in [0.15, 0.2) is 31.0 Å². The van der Waals surface area contributed by atoms with Gasteiger partial charge in [-0.3, -0.25) is 9.78 Å². The zero-order chi connectivity index (χ0) is 15.1. The number of hydrogen-bond acceptors (Lipinski definition) is 5. The van der Waals surface area contributed by atoms with Gasteiger partial charge in [-0.1, -0.05) is 0 Å². The number of imidazole rings is 1. The molecule has 0 fully saturated rings. The highest BCUT2D eigenvalue weighted by atomic mass is 16.5. The molecule has 7 heteroatoms. The molecule has 0 atom stereocenters. The second kappa shape index (κ2) is 7.39. The molecular formula is C14H19N5O2. The van der Waals surface area contributed by atoms with Crippen LogP contribution in [-0.2, 0) is 16.1 Å². The zero-order valence-corrected chi connectivity index (χ0v) is 12.0. The first-order chi connectivity index (χ1) is 10.2. The van der Waals surface area contributed by atoms with Crippen LogP contribution in [0.5, 0.6) is 0 Å². The molecule has 0 spiro atoms. The molecule has 0 bridgehead atoms.